The highest BCUT2D eigenvalue weighted by atomic mass is 79.9. The van der Waals surface area contributed by atoms with Crippen LogP contribution in [0.1, 0.15) is 38.2 Å². The van der Waals surface area contributed by atoms with Crippen molar-refractivity contribution in [1.82, 2.24) is 0 Å². The fourth-order valence-corrected chi connectivity index (χ4v) is 3.72. The van der Waals surface area contributed by atoms with E-state index in [-0.39, 0.29) is 11.7 Å². The largest absolute Gasteiger partial charge is 0.504 e. The predicted octanol–water partition coefficient (Wildman–Crippen LogP) is 6.64. The van der Waals surface area contributed by atoms with Crippen molar-refractivity contribution in [2.45, 2.75) is 32.6 Å². The van der Waals surface area contributed by atoms with Crippen molar-refractivity contribution in [2.75, 3.05) is 18.5 Å². The molecule has 1 aliphatic rings. The standard InChI is InChI=1S/C26H28BrNO4/c1-2-3-15-31-24-12-8-7-11-22(24)28-25(30)14-13-20-16-21(27)26(23(29)17-20)32-18-19-9-5-4-6-10-19/h5,7-14,16-17,29H,2-4,6,15,18H2,1H3,(H,28,30)/b14-13+. The Labute approximate surface area is 197 Å². The lowest BCUT2D eigenvalue weighted by atomic mass is 10.1. The third-order valence-electron chi connectivity index (χ3n) is 4.83. The number of nitrogens with one attached hydrogen (secondary N) is 1. The van der Waals surface area contributed by atoms with Gasteiger partial charge in [0.2, 0.25) is 5.91 Å². The molecule has 5 nitrogen and oxygen atoms in total. The van der Waals surface area contributed by atoms with E-state index in [0.29, 0.717) is 40.4 Å². The molecule has 3 rings (SSSR count). The normalized spacial score (nSPS) is 13.1. The summed E-state index contributed by atoms with van der Waals surface area (Å²) >= 11 is 3.45. The van der Waals surface area contributed by atoms with Crippen LogP contribution in [0.4, 0.5) is 5.69 Å². The maximum atomic E-state index is 12.4. The van der Waals surface area contributed by atoms with Gasteiger partial charge >= 0.3 is 0 Å². The van der Waals surface area contributed by atoms with Crippen molar-refractivity contribution in [3.63, 3.8) is 0 Å². The zero-order chi connectivity index (χ0) is 22.8. The average molecular weight is 498 g/mol. The average Bonchev–Trinajstić information content (AvgIpc) is 2.79. The molecule has 0 fully saturated rings. The molecule has 1 aliphatic carbocycles. The number of unbranched alkanes of at least 4 members (excludes halogenated alkanes) is 1. The second-order valence-electron chi connectivity index (χ2n) is 7.42. The summed E-state index contributed by atoms with van der Waals surface area (Å²) in [6, 6.07) is 10.7. The van der Waals surface area contributed by atoms with Crippen LogP contribution in [0.15, 0.2) is 70.7 Å². The molecule has 2 aromatic rings. The highest BCUT2D eigenvalue weighted by molar-refractivity contribution is 9.10. The highest BCUT2D eigenvalue weighted by Gasteiger charge is 2.11. The number of carbonyl (C=O) groups is 1. The number of benzene rings is 2. The molecule has 0 atom stereocenters. The predicted molar refractivity (Wildman–Crippen MR) is 132 cm³/mol. The second-order valence-corrected chi connectivity index (χ2v) is 8.27. The van der Waals surface area contributed by atoms with E-state index in [0.717, 1.165) is 31.3 Å². The minimum atomic E-state index is -0.288. The molecule has 0 aromatic heterocycles. The van der Waals surface area contributed by atoms with E-state index in [9.17, 15) is 9.90 Å². The number of amides is 1. The molecular formula is C26H28BrNO4. The number of ether oxygens (including phenoxy) is 2. The first kappa shape index (κ1) is 23.7. The number of hydrogen-bond donors (Lipinski definition) is 2. The maximum absolute atomic E-state index is 12.4. The Morgan fingerprint density at radius 1 is 1.22 bits per heavy atom. The molecule has 0 spiro atoms. The number of phenols is 1. The third kappa shape index (κ3) is 7.02. The Morgan fingerprint density at radius 2 is 2.06 bits per heavy atom. The second kappa shape index (κ2) is 12.2. The van der Waals surface area contributed by atoms with Crippen LogP contribution in [0.2, 0.25) is 0 Å². The van der Waals surface area contributed by atoms with Crippen LogP contribution in [0.25, 0.3) is 6.08 Å². The Morgan fingerprint density at radius 3 is 2.81 bits per heavy atom. The monoisotopic (exact) mass is 497 g/mol. The zero-order valence-corrected chi connectivity index (χ0v) is 19.7. The van der Waals surface area contributed by atoms with Crippen molar-refractivity contribution in [3.8, 4) is 17.2 Å². The van der Waals surface area contributed by atoms with Gasteiger partial charge in [-0.15, -0.1) is 0 Å². The van der Waals surface area contributed by atoms with Gasteiger partial charge in [0.1, 0.15) is 12.4 Å². The summed E-state index contributed by atoms with van der Waals surface area (Å²) in [6.07, 6.45) is 13.4. The van der Waals surface area contributed by atoms with Gasteiger partial charge < -0.3 is 19.9 Å². The summed E-state index contributed by atoms with van der Waals surface area (Å²) < 4.78 is 12.2. The maximum Gasteiger partial charge on any atom is 0.248 e. The Balaban J connectivity index is 1.62. The van der Waals surface area contributed by atoms with E-state index in [2.05, 4.69) is 40.3 Å². The van der Waals surface area contributed by atoms with Gasteiger partial charge in [0.05, 0.1) is 16.8 Å². The third-order valence-corrected chi connectivity index (χ3v) is 5.42. The van der Waals surface area contributed by atoms with Gasteiger partial charge in [-0.1, -0.05) is 43.7 Å². The fraction of sp³-hybridized carbons (Fsp3) is 0.269. The number of para-hydroxylation sites is 2. The van der Waals surface area contributed by atoms with Crippen molar-refractivity contribution < 1.29 is 19.4 Å². The number of rotatable bonds is 10. The minimum Gasteiger partial charge on any atom is -0.504 e. The molecule has 0 heterocycles. The first-order valence-electron chi connectivity index (χ1n) is 10.8. The van der Waals surface area contributed by atoms with Gasteiger partial charge in [-0.25, -0.2) is 0 Å². The summed E-state index contributed by atoms with van der Waals surface area (Å²) in [4.78, 5) is 12.4. The van der Waals surface area contributed by atoms with E-state index in [1.165, 1.54) is 6.08 Å². The lowest BCUT2D eigenvalue weighted by molar-refractivity contribution is -0.111. The van der Waals surface area contributed by atoms with E-state index in [1.54, 1.807) is 24.3 Å². The molecule has 0 aliphatic heterocycles. The highest BCUT2D eigenvalue weighted by Crippen LogP contribution is 2.36. The van der Waals surface area contributed by atoms with Gasteiger partial charge in [0.25, 0.3) is 0 Å². The van der Waals surface area contributed by atoms with Crippen molar-refractivity contribution in [3.05, 3.63) is 76.3 Å². The van der Waals surface area contributed by atoms with Gasteiger partial charge in [-0.3, -0.25) is 4.79 Å². The van der Waals surface area contributed by atoms with Crippen LogP contribution in [-0.2, 0) is 4.79 Å². The molecule has 0 radical (unpaired) electrons. The van der Waals surface area contributed by atoms with Crippen LogP contribution in [0, 0.1) is 0 Å². The number of anilines is 1. The number of carbonyl (C=O) groups excluding carboxylic acids is 1. The molecule has 2 N–H and O–H groups in total. The lowest BCUT2D eigenvalue weighted by Gasteiger charge is -2.13. The molecular weight excluding hydrogens is 470 g/mol. The SMILES string of the molecule is CCCCOc1ccccc1NC(=O)/C=C/c1cc(O)c(OCC2=CCCC=C2)c(Br)c1. The quantitative estimate of drug-likeness (QED) is 0.285. The number of hydrogen-bond acceptors (Lipinski definition) is 4. The fourth-order valence-electron chi connectivity index (χ4n) is 3.14. The van der Waals surface area contributed by atoms with Crippen LogP contribution >= 0.6 is 15.9 Å². The summed E-state index contributed by atoms with van der Waals surface area (Å²) in [5.41, 5.74) is 2.38. The van der Waals surface area contributed by atoms with E-state index >= 15 is 0 Å². The van der Waals surface area contributed by atoms with E-state index in [4.69, 9.17) is 9.47 Å². The molecule has 0 saturated carbocycles. The molecule has 0 saturated heterocycles. The first-order chi connectivity index (χ1) is 15.6. The van der Waals surface area contributed by atoms with Crippen LogP contribution < -0.4 is 14.8 Å². The smallest absolute Gasteiger partial charge is 0.248 e. The molecule has 6 heteroatoms. The van der Waals surface area contributed by atoms with Crippen molar-refractivity contribution in [2.24, 2.45) is 0 Å². The first-order valence-corrected chi connectivity index (χ1v) is 11.6. The number of aromatic hydroxyl groups is 1. The molecule has 32 heavy (non-hydrogen) atoms. The van der Waals surface area contributed by atoms with Crippen molar-refractivity contribution >= 4 is 33.6 Å². The van der Waals surface area contributed by atoms with Gasteiger partial charge in [0, 0.05) is 6.08 Å². The van der Waals surface area contributed by atoms with Crippen LogP contribution in [-0.4, -0.2) is 24.2 Å². The van der Waals surface area contributed by atoms with E-state index in [1.807, 2.05) is 24.3 Å². The molecule has 2 aromatic carbocycles. The molecule has 0 unspecified atom stereocenters. The summed E-state index contributed by atoms with van der Waals surface area (Å²) in [5, 5.41) is 13.2. The Bertz CT molecular complexity index is 1000. The van der Waals surface area contributed by atoms with Gasteiger partial charge in [-0.2, -0.15) is 0 Å². The summed E-state index contributed by atoms with van der Waals surface area (Å²) in [5.74, 6) is 0.746. The van der Waals surface area contributed by atoms with Gasteiger partial charge in [0.15, 0.2) is 11.5 Å². The van der Waals surface area contributed by atoms with Gasteiger partial charge in [-0.05, 0) is 76.7 Å². The molecule has 0 bridgehead atoms. The Kier molecular flexibility index (Phi) is 8.99. The number of allylic oxidation sites excluding steroid dienone is 2. The summed E-state index contributed by atoms with van der Waals surface area (Å²) in [6.45, 7) is 3.09. The minimum absolute atomic E-state index is 0.00879. The lowest BCUT2D eigenvalue weighted by Crippen LogP contribution is -2.09. The topological polar surface area (TPSA) is 67.8 Å². The van der Waals surface area contributed by atoms with Crippen molar-refractivity contribution in [1.29, 1.82) is 0 Å². The molecule has 168 valence electrons. The number of halogens is 1. The van der Waals surface area contributed by atoms with Crippen LogP contribution in [0.3, 0.4) is 0 Å². The van der Waals surface area contributed by atoms with E-state index < -0.39 is 0 Å². The zero-order valence-electron chi connectivity index (χ0n) is 18.1. The molecule has 1 amide bonds. The summed E-state index contributed by atoms with van der Waals surface area (Å²) in [7, 11) is 0. The van der Waals surface area contributed by atoms with Crippen LogP contribution in [0.5, 0.6) is 17.2 Å². The Hall–Kier alpha value is -2.99. The number of phenolic OH excluding ortho intramolecular Hbond substituents is 1.